The van der Waals surface area contributed by atoms with E-state index in [1.54, 1.807) is 0 Å². The largest absolute Gasteiger partial charge is 0.469 e. The Kier molecular flexibility index (Phi) is 6.12. The van der Waals surface area contributed by atoms with Gasteiger partial charge in [0, 0.05) is 12.1 Å². The summed E-state index contributed by atoms with van der Waals surface area (Å²) in [4.78, 5) is 15.6. The smallest absolute Gasteiger partial charge is 0.305 e. The van der Waals surface area contributed by atoms with Crippen molar-refractivity contribution in [3.8, 4) is 0 Å². The van der Waals surface area contributed by atoms with Crippen LogP contribution in [0.25, 0.3) is 0 Å². The lowest BCUT2D eigenvalue weighted by molar-refractivity contribution is -0.140. The van der Waals surface area contributed by atoms with Crippen LogP contribution in [0.1, 0.15) is 44.7 Å². The second-order valence-corrected chi connectivity index (χ2v) is 4.38. The number of hydrogen-bond acceptors (Lipinski definition) is 3. The van der Waals surface area contributed by atoms with Crippen LogP contribution < -0.4 is 0 Å². The molecule has 0 aliphatic rings. The van der Waals surface area contributed by atoms with Crippen LogP contribution in [0.3, 0.4) is 0 Å². The molecule has 0 fully saturated rings. The maximum atomic E-state index is 11.0. The lowest BCUT2D eigenvalue weighted by atomic mass is 10.1. The van der Waals surface area contributed by atoms with Gasteiger partial charge in [0.05, 0.1) is 13.2 Å². The van der Waals surface area contributed by atoms with Gasteiger partial charge >= 0.3 is 5.97 Å². The monoisotopic (exact) mass is 247 g/mol. The van der Waals surface area contributed by atoms with Gasteiger partial charge < -0.3 is 4.74 Å². The van der Waals surface area contributed by atoms with Gasteiger partial charge in [0.15, 0.2) is 0 Å². The fourth-order valence-corrected chi connectivity index (χ4v) is 1.79. The summed E-state index contributed by atoms with van der Waals surface area (Å²) in [6.45, 7) is 4.09. The summed E-state index contributed by atoms with van der Waals surface area (Å²) in [6.07, 6.45) is 2.10. The zero-order valence-electron chi connectivity index (χ0n) is 11.3. The van der Waals surface area contributed by atoms with Crippen molar-refractivity contribution in [1.29, 1.82) is 0 Å². The highest BCUT2D eigenvalue weighted by Gasteiger charge is 2.04. The van der Waals surface area contributed by atoms with Crippen molar-refractivity contribution >= 4 is 11.7 Å². The van der Waals surface area contributed by atoms with Gasteiger partial charge in [0.2, 0.25) is 0 Å². The highest BCUT2D eigenvalue weighted by Crippen LogP contribution is 2.16. The van der Waals surface area contributed by atoms with Gasteiger partial charge in [-0.25, -0.2) is 0 Å². The number of esters is 1. The summed E-state index contributed by atoms with van der Waals surface area (Å²) in [7, 11) is 1.42. The Hall–Kier alpha value is -1.64. The van der Waals surface area contributed by atoms with Gasteiger partial charge in [0.25, 0.3) is 0 Å². The highest BCUT2D eigenvalue weighted by molar-refractivity contribution is 5.82. The van der Waals surface area contributed by atoms with Crippen molar-refractivity contribution < 1.29 is 9.53 Å². The Bertz CT molecular complexity index is 398. The third kappa shape index (κ3) is 5.13. The molecule has 0 N–H and O–H groups in total. The van der Waals surface area contributed by atoms with Crippen LogP contribution >= 0.6 is 0 Å². The summed E-state index contributed by atoms with van der Waals surface area (Å²) >= 11 is 0. The number of nitrogens with zero attached hydrogens (tertiary/aromatic N) is 1. The number of hydrogen-bond donors (Lipinski definition) is 0. The summed E-state index contributed by atoms with van der Waals surface area (Å²) < 4.78 is 4.60. The Labute approximate surface area is 109 Å². The Morgan fingerprint density at radius 2 is 1.94 bits per heavy atom. The molecule has 0 spiro atoms. The molecule has 0 saturated heterocycles. The van der Waals surface area contributed by atoms with Gasteiger partial charge in [-0.1, -0.05) is 30.3 Å². The first-order chi connectivity index (χ1) is 8.63. The van der Waals surface area contributed by atoms with E-state index in [1.165, 1.54) is 12.7 Å². The first-order valence-corrected chi connectivity index (χ1v) is 6.28. The number of rotatable bonds is 6. The molecule has 1 aromatic carbocycles. The molecule has 0 radical (unpaired) electrons. The van der Waals surface area contributed by atoms with Gasteiger partial charge in [-0.05, 0) is 32.3 Å². The quantitative estimate of drug-likeness (QED) is 0.569. The van der Waals surface area contributed by atoms with E-state index in [2.05, 4.69) is 28.8 Å². The molecule has 0 heterocycles. The molecule has 3 nitrogen and oxygen atoms in total. The molecule has 98 valence electrons. The van der Waals surface area contributed by atoms with E-state index in [0.717, 1.165) is 18.6 Å². The van der Waals surface area contributed by atoms with Crippen molar-refractivity contribution in [3.05, 3.63) is 35.9 Å². The number of benzene rings is 1. The predicted octanol–water partition coefficient (Wildman–Crippen LogP) is 3.55. The zero-order valence-corrected chi connectivity index (χ0v) is 11.3. The topological polar surface area (TPSA) is 38.7 Å². The normalized spacial score (nSPS) is 13.2. The predicted molar refractivity (Wildman–Crippen MR) is 73.8 cm³/mol. The van der Waals surface area contributed by atoms with E-state index in [1.807, 2.05) is 25.1 Å². The third-order valence-corrected chi connectivity index (χ3v) is 2.84. The molecule has 0 aliphatic carbocycles. The number of aliphatic imine (C=N–C) groups is 1. The maximum absolute atomic E-state index is 11.0. The summed E-state index contributed by atoms with van der Waals surface area (Å²) in [5.41, 5.74) is 2.29. The van der Waals surface area contributed by atoms with Gasteiger partial charge in [0.1, 0.15) is 0 Å². The van der Waals surface area contributed by atoms with Crippen molar-refractivity contribution in [2.24, 2.45) is 4.99 Å². The van der Waals surface area contributed by atoms with Crippen molar-refractivity contribution in [2.45, 2.75) is 39.2 Å². The van der Waals surface area contributed by atoms with Crippen LogP contribution in [0, 0.1) is 0 Å². The summed E-state index contributed by atoms with van der Waals surface area (Å²) in [6, 6.07) is 10.4. The molecular weight excluding hydrogens is 226 g/mol. The second kappa shape index (κ2) is 7.64. The summed E-state index contributed by atoms with van der Waals surface area (Å²) in [5.74, 6) is -0.154. The van der Waals surface area contributed by atoms with E-state index in [4.69, 9.17) is 0 Å². The standard InChI is InChI=1S/C15H21NO2/c1-12(8-7-11-15(17)18-3)16-13(2)14-9-5-4-6-10-14/h4-6,9-10,13H,7-8,11H2,1-3H3/t13-/m0/s1. The van der Waals surface area contributed by atoms with Crippen molar-refractivity contribution in [1.82, 2.24) is 0 Å². The molecule has 0 bridgehead atoms. The Morgan fingerprint density at radius 1 is 1.28 bits per heavy atom. The van der Waals surface area contributed by atoms with Crippen LogP contribution in [0.5, 0.6) is 0 Å². The molecule has 18 heavy (non-hydrogen) atoms. The fraction of sp³-hybridized carbons (Fsp3) is 0.467. The summed E-state index contributed by atoms with van der Waals surface area (Å²) in [5, 5.41) is 0. The lowest BCUT2D eigenvalue weighted by Gasteiger charge is -2.08. The molecule has 0 saturated carbocycles. The molecule has 0 aliphatic heterocycles. The average Bonchev–Trinajstić information content (AvgIpc) is 2.39. The minimum atomic E-state index is -0.154. The number of ether oxygens (including phenoxy) is 1. The molecule has 1 aromatic rings. The van der Waals surface area contributed by atoms with Crippen LogP contribution in [0.2, 0.25) is 0 Å². The maximum Gasteiger partial charge on any atom is 0.305 e. The SMILES string of the molecule is COC(=O)CCCC(C)=N[C@@H](C)c1ccccc1. The van der Waals surface area contributed by atoms with Gasteiger partial charge in [-0.3, -0.25) is 9.79 Å². The Balaban J connectivity index is 2.43. The van der Waals surface area contributed by atoms with Crippen LogP contribution in [0.15, 0.2) is 35.3 Å². The van der Waals surface area contributed by atoms with E-state index < -0.39 is 0 Å². The number of carbonyl (C=O) groups excluding carboxylic acids is 1. The number of carbonyl (C=O) groups is 1. The van der Waals surface area contributed by atoms with E-state index in [9.17, 15) is 4.79 Å². The van der Waals surface area contributed by atoms with Crippen LogP contribution in [-0.2, 0) is 9.53 Å². The zero-order chi connectivity index (χ0) is 13.4. The van der Waals surface area contributed by atoms with Crippen molar-refractivity contribution in [3.63, 3.8) is 0 Å². The average molecular weight is 247 g/mol. The van der Waals surface area contributed by atoms with Gasteiger partial charge in [-0.2, -0.15) is 0 Å². The van der Waals surface area contributed by atoms with E-state index >= 15 is 0 Å². The minimum Gasteiger partial charge on any atom is -0.469 e. The molecule has 1 rings (SSSR count). The van der Waals surface area contributed by atoms with E-state index in [0.29, 0.717) is 6.42 Å². The molecule has 3 heteroatoms. The molecule has 0 amide bonds. The Morgan fingerprint density at radius 3 is 2.56 bits per heavy atom. The lowest BCUT2D eigenvalue weighted by Crippen LogP contribution is -2.02. The molecule has 0 unspecified atom stereocenters. The molecule has 0 aromatic heterocycles. The minimum absolute atomic E-state index is 0.154. The molecule has 1 atom stereocenters. The fourth-order valence-electron chi connectivity index (χ4n) is 1.79. The van der Waals surface area contributed by atoms with E-state index in [-0.39, 0.29) is 12.0 Å². The highest BCUT2D eigenvalue weighted by atomic mass is 16.5. The van der Waals surface area contributed by atoms with Gasteiger partial charge in [-0.15, -0.1) is 0 Å². The van der Waals surface area contributed by atoms with Crippen molar-refractivity contribution in [2.75, 3.05) is 7.11 Å². The second-order valence-electron chi connectivity index (χ2n) is 4.38. The first-order valence-electron chi connectivity index (χ1n) is 6.28. The van der Waals surface area contributed by atoms with Crippen LogP contribution in [0.4, 0.5) is 0 Å². The molecular formula is C15H21NO2. The number of methoxy groups -OCH3 is 1. The first kappa shape index (κ1) is 14.4. The van der Waals surface area contributed by atoms with Crippen LogP contribution in [-0.4, -0.2) is 18.8 Å². The third-order valence-electron chi connectivity index (χ3n) is 2.84.